The molecular formula is C15H23N3O3. The van der Waals surface area contributed by atoms with Crippen LogP contribution in [0, 0.1) is 0 Å². The van der Waals surface area contributed by atoms with Gasteiger partial charge in [-0.15, -0.1) is 0 Å². The molecule has 1 aromatic rings. The molecule has 0 aromatic carbocycles. The predicted octanol–water partition coefficient (Wildman–Crippen LogP) is 0.122. The highest BCUT2D eigenvalue weighted by molar-refractivity contribution is 5.78. The van der Waals surface area contributed by atoms with Gasteiger partial charge < -0.3 is 14.7 Å². The van der Waals surface area contributed by atoms with Gasteiger partial charge in [0, 0.05) is 25.5 Å². The van der Waals surface area contributed by atoms with E-state index in [1.165, 1.54) is 0 Å². The first-order valence-corrected chi connectivity index (χ1v) is 7.24. The van der Waals surface area contributed by atoms with Crippen LogP contribution < -0.4 is 0 Å². The van der Waals surface area contributed by atoms with E-state index in [-0.39, 0.29) is 11.9 Å². The molecule has 2 heterocycles. The Bertz CT molecular complexity index is 455. The maximum absolute atomic E-state index is 12.4. The number of hydrogen-bond donors (Lipinski definition) is 1. The molecule has 116 valence electrons. The predicted molar refractivity (Wildman–Crippen MR) is 78.6 cm³/mol. The number of likely N-dealkylation sites (N-methyl/N-ethyl adjacent to an activating group) is 2. The third-order valence-corrected chi connectivity index (χ3v) is 3.66. The number of aliphatic hydroxyl groups excluding tert-OH is 1. The number of aromatic nitrogens is 1. The first-order valence-electron chi connectivity index (χ1n) is 7.24. The highest BCUT2D eigenvalue weighted by Crippen LogP contribution is 2.14. The van der Waals surface area contributed by atoms with E-state index in [1.807, 2.05) is 31.0 Å². The second-order valence-electron chi connectivity index (χ2n) is 5.39. The van der Waals surface area contributed by atoms with E-state index in [0.717, 1.165) is 5.56 Å². The van der Waals surface area contributed by atoms with Crippen molar-refractivity contribution in [1.82, 2.24) is 14.8 Å². The van der Waals surface area contributed by atoms with Crippen LogP contribution in [-0.4, -0.2) is 71.3 Å². The maximum Gasteiger partial charge on any atom is 0.237 e. The lowest BCUT2D eigenvalue weighted by molar-refractivity contribution is -0.136. The number of pyridine rings is 1. The van der Waals surface area contributed by atoms with Crippen LogP contribution >= 0.6 is 0 Å². The third kappa shape index (κ3) is 4.23. The van der Waals surface area contributed by atoms with Gasteiger partial charge in [0.05, 0.1) is 31.9 Å². The zero-order chi connectivity index (χ0) is 15.2. The number of amides is 1. The Balaban J connectivity index is 1.89. The number of carbonyl (C=O) groups is 1. The number of nitrogens with zero attached hydrogens (tertiary/aromatic N) is 3. The van der Waals surface area contributed by atoms with Crippen molar-refractivity contribution in [2.75, 3.05) is 33.4 Å². The second kappa shape index (κ2) is 7.49. The van der Waals surface area contributed by atoms with Crippen LogP contribution in [0.4, 0.5) is 0 Å². The monoisotopic (exact) mass is 293 g/mol. The molecule has 1 aliphatic rings. The molecule has 6 nitrogen and oxygen atoms in total. The van der Waals surface area contributed by atoms with E-state index in [9.17, 15) is 9.90 Å². The minimum Gasteiger partial charge on any atom is -0.388 e. The fourth-order valence-corrected chi connectivity index (χ4v) is 2.61. The molecule has 21 heavy (non-hydrogen) atoms. The van der Waals surface area contributed by atoms with Gasteiger partial charge >= 0.3 is 0 Å². The van der Waals surface area contributed by atoms with Gasteiger partial charge in [0.15, 0.2) is 0 Å². The smallest absolute Gasteiger partial charge is 0.237 e. The summed E-state index contributed by atoms with van der Waals surface area (Å²) in [6.45, 7) is 4.19. The summed E-state index contributed by atoms with van der Waals surface area (Å²) < 4.78 is 5.24. The van der Waals surface area contributed by atoms with Gasteiger partial charge in [-0.25, -0.2) is 0 Å². The number of ether oxygens (including phenoxy) is 1. The summed E-state index contributed by atoms with van der Waals surface area (Å²) in [5, 5.41) is 9.87. The number of rotatable bonds is 6. The van der Waals surface area contributed by atoms with Crippen LogP contribution in [-0.2, 0) is 16.1 Å². The molecule has 0 aliphatic carbocycles. The van der Waals surface area contributed by atoms with E-state index >= 15 is 0 Å². The Labute approximate surface area is 125 Å². The van der Waals surface area contributed by atoms with Gasteiger partial charge in [-0.3, -0.25) is 14.7 Å². The molecule has 0 saturated carbocycles. The van der Waals surface area contributed by atoms with Gasteiger partial charge in [0.2, 0.25) is 5.91 Å². The molecule has 1 saturated heterocycles. The summed E-state index contributed by atoms with van der Waals surface area (Å²) in [4.78, 5) is 20.1. The van der Waals surface area contributed by atoms with Gasteiger partial charge in [0.1, 0.15) is 0 Å². The fraction of sp³-hybridized carbons (Fsp3) is 0.600. The molecule has 2 rings (SSSR count). The lowest BCUT2D eigenvalue weighted by Crippen LogP contribution is -2.49. The maximum atomic E-state index is 12.4. The third-order valence-electron chi connectivity index (χ3n) is 3.66. The molecule has 0 radical (unpaired) electrons. The normalized spacial score (nSPS) is 21.7. The largest absolute Gasteiger partial charge is 0.388 e. The Hall–Kier alpha value is -1.50. The summed E-state index contributed by atoms with van der Waals surface area (Å²) in [6.07, 6.45) is 2.94. The van der Waals surface area contributed by atoms with Crippen molar-refractivity contribution in [3.8, 4) is 0 Å². The lowest BCUT2D eigenvalue weighted by Gasteiger charge is -2.30. The highest BCUT2D eigenvalue weighted by atomic mass is 16.5. The van der Waals surface area contributed by atoms with Gasteiger partial charge in [-0.2, -0.15) is 0 Å². The molecule has 0 spiro atoms. The zero-order valence-corrected chi connectivity index (χ0v) is 12.6. The van der Waals surface area contributed by atoms with E-state index in [4.69, 9.17) is 4.74 Å². The molecule has 1 amide bonds. The van der Waals surface area contributed by atoms with Gasteiger partial charge in [0.25, 0.3) is 0 Å². The minimum atomic E-state index is -0.586. The SMILES string of the molecule is CCN(C(=O)CN(C)Cc1cccnc1)[C@H]1COC[C@@H]1O. The second-order valence-corrected chi connectivity index (χ2v) is 5.39. The summed E-state index contributed by atoms with van der Waals surface area (Å²) in [5.41, 5.74) is 1.07. The van der Waals surface area contributed by atoms with E-state index < -0.39 is 6.10 Å². The fourth-order valence-electron chi connectivity index (χ4n) is 2.61. The lowest BCUT2D eigenvalue weighted by atomic mass is 10.1. The molecular weight excluding hydrogens is 270 g/mol. The Morgan fingerprint density at radius 3 is 2.90 bits per heavy atom. The highest BCUT2D eigenvalue weighted by Gasteiger charge is 2.33. The van der Waals surface area contributed by atoms with Crippen molar-refractivity contribution in [3.63, 3.8) is 0 Å². The molecule has 1 aliphatic heterocycles. The first-order chi connectivity index (χ1) is 10.1. The Kier molecular flexibility index (Phi) is 5.67. The summed E-state index contributed by atoms with van der Waals surface area (Å²) in [5.74, 6) is 0.0124. The molecule has 1 fully saturated rings. The van der Waals surface area contributed by atoms with Crippen LogP contribution in [0.5, 0.6) is 0 Å². The summed E-state index contributed by atoms with van der Waals surface area (Å²) in [6, 6.07) is 3.64. The Morgan fingerprint density at radius 1 is 1.52 bits per heavy atom. The van der Waals surface area contributed by atoms with Crippen molar-refractivity contribution in [2.45, 2.75) is 25.6 Å². The van der Waals surface area contributed by atoms with Crippen LogP contribution in [0.25, 0.3) is 0 Å². The average Bonchev–Trinajstić information content (AvgIpc) is 2.87. The van der Waals surface area contributed by atoms with Crippen molar-refractivity contribution in [1.29, 1.82) is 0 Å². The molecule has 2 atom stereocenters. The zero-order valence-electron chi connectivity index (χ0n) is 12.6. The quantitative estimate of drug-likeness (QED) is 0.807. The summed E-state index contributed by atoms with van der Waals surface area (Å²) >= 11 is 0. The topological polar surface area (TPSA) is 65.9 Å². The first kappa shape index (κ1) is 15.9. The number of hydrogen-bond acceptors (Lipinski definition) is 5. The van der Waals surface area contributed by atoms with E-state index in [1.54, 1.807) is 17.3 Å². The van der Waals surface area contributed by atoms with Crippen LogP contribution in [0.15, 0.2) is 24.5 Å². The van der Waals surface area contributed by atoms with Crippen molar-refractivity contribution in [2.24, 2.45) is 0 Å². The molecule has 6 heteroatoms. The van der Waals surface area contributed by atoms with Crippen LogP contribution in [0.1, 0.15) is 12.5 Å². The van der Waals surface area contributed by atoms with Gasteiger partial charge in [-0.1, -0.05) is 6.07 Å². The van der Waals surface area contributed by atoms with Crippen molar-refractivity contribution < 1.29 is 14.6 Å². The van der Waals surface area contributed by atoms with Crippen LogP contribution in [0.2, 0.25) is 0 Å². The van der Waals surface area contributed by atoms with E-state index in [0.29, 0.717) is 32.8 Å². The molecule has 0 bridgehead atoms. The minimum absolute atomic E-state index is 0.0124. The van der Waals surface area contributed by atoms with E-state index in [2.05, 4.69) is 4.98 Å². The molecule has 0 unspecified atom stereocenters. The summed E-state index contributed by atoms with van der Waals surface area (Å²) in [7, 11) is 1.90. The van der Waals surface area contributed by atoms with Crippen molar-refractivity contribution in [3.05, 3.63) is 30.1 Å². The number of carbonyl (C=O) groups excluding carboxylic acids is 1. The average molecular weight is 293 g/mol. The standard InChI is InChI=1S/C15H23N3O3/c1-3-18(13-10-21-11-14(13)19)15(20)9-17(2)8-12-5-4-6-16-7-12/h4-7,13-14,19H,3,8-11H2,1-2H3/t13-,14-/m0/s1. The van der Waals surface area contributed by atoms with Crippen molar-refractivity contribution >= 4 is 5.91 Å². The van der Waals surface area contributed by atoms with Gasteiger partial charge in [-0.05, 0) is 25.6 Å². The Morgan fingerprint density at radius 2 is 2.33 bits per heavy atom. The van der Waals surface area contributed by atoms with Crippen LogP contribution in [0.3, 0.4) is 0 Å². The molecule has 1 aromatic heterocycles. The molecule has 1 N–H and O–H groups in total. The number of aliphatic hydroxyl groups is 1.